The summed E-state index contributed by atoms with van der Waals surface area (Å²) >= 11 is 0. The molecule has 2 rings (SSSR count). The first kappa shape index (κ1) is 10.9. The molecule has 2 heterocycles. The normalized spacial score (nSPS) is 22.9. The second-order valence-corrected chi connectivity index (χ2v) is 5.96. The molecular formula is C8H11ClN2O3S. The molecule has 1 aliphatic heterocycles. The van der Waals surface area contributed by atoms with Crippen molar-refractivity contribution in [1.82, 2.24) is 9.55 Å². The second-order valence-electron chi connectivity index (χ2n) is 3.45. The fourth-order valence-electron chi connectivity index (χ4n) is 1.70. The number of rotatable bonds is 2. The fourth-order valence-corrected chi connectivity index (χ4v) is 2.69. The zero-order valence-electron chi connectivity index (χ0n) is 7.97. The van der Waals surface area contributed by atoms with E-state index in [-0.39, 0.29) is 11.1 Å². The van der Waals surface area contributed by atoms with Crippen LogP contribution in [0.3, 0.4) is 0 Å². The van der Waals surface area contributed by atoms with Gasteiger partial charge in [-0.2, -0.15) is 0 Å². The predicted octanol–water partition coefficient (Wildman–Crippen LogP) is 1.16. The summed E-state index contributed by atoms with van der Waals surface area (Å²) in [6.07, 6.45) is 4.55. The van der Waals surface area contributed by atoms with Crippen LogP contribution in [0.15, 0.2) is 17.6 Å². The summed E-state index contributed by atoms with van der Waals surface area (Å²) in [5.41, 5.74) is 0. The zero-order chi connectivity index (χ0) is 10.9. The molecule has 0 radical (unpaired) electrons. The molecule has 1 atom stereocenters. The number of imidazole rings is 1. The predicted molar refractivity (Wildman–Crippen MR) is 54.4 cm³/mol. The quantitative estimate of drug-likeness (QED) is 0.739. The number of nitrogens with zero attached hydrogens (tertiary/aromatic N) is 2. The Kier molecular flexibility index (Phi) is 2.99. The van der Waals surface area contributed by atoms with Gasteiger partial charge in [0.15, 0.2) is 5.03 Å². The lowest BCUT2D eigenvalue weighted by Gasteiger charge is -2.24. The molecule has 84 valence electrons. The van der Waals surface area contributed by atoms with Gasteiger partial charge in [-0.3, -0.25) is 0 Å². The van der Waals surface area contributed by atoms with Crippen LogP contribution in [0, 0.1) is 0 Å². The van der Waals surface area contributed by atoms with Crippen molar-refractivity contribution in [3.05, 3.63) is 12.5 Å². The van der Waals surface area contributed by atoms with Gasteiger partial charge < -0.3 is 9.30 Å². The molecule has 0 aliphatic carbocycles. The highest BCUT2D eigenvalue weighted by atomic mass is 35.7. The molecule has 0 amide bonds. The van der Waals surface area contributed by atoms with Crippen LogP contribution in [0.1, 0.15) is 18.9 Å². The standard InChI is InChI=1S/C8H11ClN2O3S/c9-15(12,13)8-4-10-6-11(8)7-2-1-3-14-5-7/h4,6-7H,1-3,5H2. The average Bonchev–Trinajstić information content (AvgIpc) is 2.67. The summed E-state index contributed by atoms with van der Waals surface area (Å²) < 4.78 is 29.3. The van der Waals surface area contributed by atoms with Crippen LogP contribution < -0.4 is 0 Å². The molecule has 1 saturated heterocycles. The highest BCUT2D eigenvalue weighted by Gasteiger charge is 2.23. The van der Waals surface area contributed by atoms with Gasteiger partial charge >= 0.3 is 0 Å². The van der Waals surface area contributed by atoms with Gasteiger partial charge in [-0.1, -0.05) is 0 Å². The van der Waals surface area contributed by atoms with Crippen molar-refractivity contribution in [2.45, 2.75) is 23.9 Å². The Balaban J connectivity index is 2.32. The maximum absolute atomic E-state index is 11.2. The Morgan fingerprint density at radius 1 is 1.60 bits per heavy atom. The monoisotopic (exact) mass is 250 g/mol. The van der Waals surface area contributed by atoms with Crippen molar-refractivity contribution in [3.63, 3.8) is 0 Å². The zero-order valence-corrected chi connectivity index (χ0v) is 9.54. The van der Waals surface area contributed by atoms with E-state index in [1.807, 2.05) is 0 Å². The summed E-state index contributed by atoms with van der Waals surface area (Å²) in [7, 11) is 1.57. The van der Waals surface area contributed by atoms with Gasteiger partial charge in [-0.05, 0) is 12.8 Å². The van der Waals surface area contributed by atoms with Crippen LogP contribution in [-0.4, -0.2) is 31.2 Å². The molecule has 1 unspecified atom stereocenters. The van der Waals surface area contributed by atoms with E-state index in [1.165, 1.54) is 12.5 Å². The lowest BCUT2D eigenvalue weighted by Crippen LogP contribution is -2.22. The molecule has 1 aliphatic rings. The van der Waals surface area contributed by atoms with Crippen LogP contribution in [0.25, 0.3) is 0 Å². The van der Waals surface area contributed by atoms with Gasteiger partial charge in [-0.25, -0.2) is 13.4 Å². The third kappa shape index (κ3) is 2.32. The first-order chi connectivity index (χ1) is 7.09. The Bertz CT molecular complexity index is 436. The number of hydrogen-bond donors (Lipinski definition) is 0. The number of ether oxygens (including phenoxy) is 1. The molecule has 1 fully saturated rings. The minimum absolute atomic E-state index is 0.0183. The molecule has 0 N–H and O–H groups in total. The molecule has 0 bridgehead atoms. The van der Waals surface area contributed by atoms with Crippen molar-refractivity contribution in [2.75, 3.05) is 13.2 Å². The van der Waals surface area contributed by atoms with E-state index in [2.05, 4.69) is 4.98 Å². The molecule has 1 aromatic heterocycles. The maximum Gasteiger partial charge on any atom is 0.278 e. The lowest BCUT2D eigenvalue weighted by molar-refractivity contribution is 0.0564. The summed E-state index contributed by atoms with van der Waals surface area (Å²) in [5, 5.41) is 0.0414. The molecule has 1 aromatic rings. The van der Waals surface area contributed by atoms with Gasteiger partial charge in [0.25, 0.3) is 9.05 Å². The van der Waals surface area contributed by atoms with E-state index >= 15 is 0 Å². The lowest BCUT2D eigenvalue weighted by atomic mass is 10.1. The number of aromatic nitrogens is 2. The summed E-state index contributed by atoms with van der Waals surface area (Å²) in [6.45, 7) is 1.24. The van der Waals surface area contributed by atoms with Crippen molar-refractivity contribution < 1.29 is 13.2 Å². The maximum atomic E-state index is 11.2. The first-order valence-corrected chi connectivity index (χ1v) is 6.94. The van der Waals surface area contributed by atoms with E-state index in [9.17, 15) is 8.42 Å². The van der Waals surface area contributed by atoms with Crippen LogP contribution in [0.2, 0.25) is 0 Å². The number of halogens is 1. The summed E-state index contributed by atoms with van der Waals surface area (Å²) in [4.78, 5) is 3.81. The summed E-state index contributed by atoms with van der Waals surface area (Å²) in [6, 6.07) is 0.0183. The van der Waals surface area contributed by atoms with Gasteiger partial charge in [0, 0.05) is 17.3 Å². The van der Waals surface area contributed by atoms with Crippen LogP contribution in [0.5, 0.6) is 0 Å². The van der Waals surface area contributed by atoms with Crippen LogP contribution in [0.4, 0.5) is 0 Å². The minimum Gasteiger partial charge on any atom is -0.379 e. The van der Waals surface area contributed by atoms with Gasteiger partial charge in [0.1, 0.15) is 0 Å². The fraction of sp³-hybridized carbons (Fsp3) is 0.625. The molecule has 0 spiro atoms. The Hall–Kier alpha value is -0.590. The second kappa shape index (κ2) is 4.11. The van der Waals surface area contributed by atoms with E-state index in [1.54, 1.807) is 4.57 Å². The van der Waals surface area contributed by atoms with Crippen molar-refractivity contribution in [2.24, 2.45) is 0 Å². The molecular weight excluding hydrogens is 240 g/mol. The molecule has 15 heavy (non-hydrogen) atoms. The highest BCUT2D eigenvalue weighted by Crippen LogP contribution is 2.24. The molecule has 5 nitrogen and oxygen atoms in total. The molecule has 0 saturated carbocycles. The number of hydrogen-bond acceptors (Lipinski definition) is 4. The first-order valence-electron chi connectivity index (χ1n) is 4.63. The minimum atomic E-state index is -3.72. The summed E-state index contributed by atoms with van der Waals surface area (Å²) in [5.74, 6) is 0. The van der Waals surface area contributed by atoms with E-state index in [0.717, 1.165) is 19.4 Å². The Morgan fingerprint density at radius 3 is 3.00 bits per heavy atom. The largest absolute Gasteiger partial charge is 0.379 e. The van der Waals surface area contributed by atoms with Gasteiger partial charge in [0.2, 0.25) is 0 Å². The average molecular weight is 251 g/mol. The topological polar surface area (TPSA) is 61.2 Å². The Morgan fingerprint density at radius 2 is 2.40 bits per heavy atom. The van der Waals surface area contributed by atoms with Crippen LogP contribution in [-0.2, 0) is 13.8 Å². The van der Waals surface area contributed by atoms with Crippen LogP contribution >= 0.6 is 10.7 Å². The molecule has 0 aromatic carbocycles. The van der Waals surface area contributed by atoms with Gasteiger partial charge in [0.05, 0.1) is 25.2 Å². The molecule has 7 heteroatoms. The van der Waals surface area contributed by atoms with E-state index in [0.29, 0.717) is 6.61 Å². The highest BCUT2D eigenvalue weighted by molar-refractivity contribution is 8.13. The van der Waals surface area contributed by atoms with E-state index in [4.69, 9.17) is 15.4 Å². The Labute approximate surface area is 92.4 Å². The third-order valence-electron chi connectivity index (χ3n) is 2.41. The van der Waals surface area contributed by atoms with Crippen molar-refractivity contribution >= 4 is 19.7 Å². The van der Waals surface area contributed by atoms with Gasteiger partial charge in [-0.15, -0.1) is 0 Å². The smallest absolute Gasteiger partial charge is 0.278 e. The third-order valence-corrected chi connectivity index (χ3v) is 3.70. The SMILES string of the molecule is O=S(=O)(Cl)c1cncn1C1CCCOC1. The van der Waals surface area contributed by atoms with Crippen molar-refractivity contribution in [1.29, 1.82) is 0 Å². The van der Waals surface area contributed by atoms with Crippen molar-refractivity contribution in [3.8, 4) is 0 Å². The van der Waals surface area contributed by atoms with E-state index < -0.39 is 9.05 Å².